The van der Waals surface area contributed by atoms with Crippen LogP contribution in [0.1, 0.15) is 23.5 Å². The van der Waals surface area contributed by atoms with Crippen molar-refractivity contribution in [1.82, 2.24) is 4.98 Å². The van der Waals surface area contributed by atoms with Gasteiger partial charge in [-0.15, -0.1) is 0 Å². The number of hydrogen-bond donors (Lipinski definition) is 3. The molecule has 0 aliphatic carbocycles. The van der Waals surface area contributed by atoms with Gasteiger partial charge >= 0.3 is 0 Å². The molecule has 6 nitrogen and oxygen atoms in total. The van der Waals surface area contributed by atoms with Crippen molar-refractivity contribution >= 4 is 33.9 Å². The van der Waals surface area contributed by atoms with Crippen LogP contribution in [-0.2, 0) is 0 Å². The standard InChI is InChI=1S/C14H18N4O2S/c1-8(2)16-14-18-12(15)11(21-14)13(19)17-9-6-4-5-7-10(9)20-3/h4-8H,15H2,1-3H3,(H,16,18)(H,17,19). The van der Waals surface area contributed by atoms with Crippen LogP contribution in [0.2, 0.25) is 0 Å². The van der Waals surface area contributed by atoms with E-state index in [0.717, 1.165) is 0 Å². The smallest absolute Gasteiger partial charge is 0.269 e. The van der Waals surface area contributed by atoms with Crippen molar-refractivity contribution in [3.8, 4) is 5.75 Å². The molecule has 2 aromatic rings. The normalized spacial score (nSPS) is 10.5. The topological polar surface area (TPSA) is 89.3 Å². The molecule has 1 aromatic heterocycles. The largest absolute Gasteiger partial charge is 0.495 e. The summed E-state index contributed by atoms with van der Waals surface area (Å²) in [6.07, 6.45) is 0. The highest BCUT2D eigenvalue weighted by Crippen LogP contribution is 2.28. The summed E-state index contributed by atoms with van der Waals surface area (Å²) in [5.41, 5.74) is 6.40. The molecule has 1 aromatic carbocycles. The Morgan fingerprint density at radius 2 is 2.10 bits per heavy atom. The van der Waals surface area contributed by atoms with Crippen molar-refractivity contribution in [2.45, 2.75) is 19.9 Å². The number of nitrogens with zero attached hydrogens (tertiary/aromatic N) is 1. The number of carbonyl (C=O) groups excluding carboxylic acids is 1. The van der Waals surface area contributed by atoms with Crippen molar-refractivity contribution in [2.75, 3.05) is 23.5 Å². The predicted molar refractivity (Wildman–Crippen MR) is 86.2 cm³/mol. The van der Waals surface area contributed by atoms with Crippen LogP contribution in [0.15, 0.2) is 24.3 Å². The summed E-state index contributed by atoms with van der Waals surface area (Å²) >= 11 is 1.23. The van der Waals surface area contributed by atoms with Crippen molar-refractivity contribution < 1.29 is 9.53 Å². The Bertz CT molecular complexity index is 640. The van der Waals surface area contributed by atoms with Crippen LogP contribution < -0.4 is 21.1 Å². The number of nitrogen functional groups attached to an aromatic ring is 1. The number of rotatable bonds is 5. The Labute approximate surface area is 127 Å². The number of amides is 1. The second-order valence-electron chi connectivity index (χ2n) is 4.69. The lowest BCUT2D eigenvalue weighted by Crippen LogP contribution is -2.12. The Kier molecular flexibility index (Phi) is 4.64. The molecule has 0 aliphatic rings. The molecule has 112 valence electrons. The number of para-hydroxylation sites is 2. The first kappa shape index (κ1) is 15.1. The lowest BCUT2D eigenvalue weighted by atomic mass is 10.3. The van der Waals surface area contributed by atoms with Crippen LogP contribution in [-0.4, -0.2) is 24.0 Å². The van der Waals surface area contributed by atoms with Gasteiger partial charge in [0.25, 0.3) is 5.91 Å². The maximum absolute atomic E-state index is 12.3. The van der Waals surface area contributed by atoms with Crippen molar-refractivity contribution in [1.29, 1.82) is 0 Å². The van der Waals surface area contributed by atoms with Gasteiger partial charge in [-0.2, -0.15) is 0 Å². The quantitative estimate of drug-likeness (QED) is 0.790. The number of nitrogens with two attached hydrogens (primary N) is 1. The van der Waals surface area contributed by atoms with E-state index in [2.05, 4.69) is 15.6 Å². The van der Waals surface area contributed by atoms with Crippen LogP contribution in [0.5, 0.6) is 5.75 Å². The fourth-order valence-electron chi connectivity index (χ4n) is 1.73. The molecule has 0 saturated carbocycles. The first-order valence-corrected chi connectivity index (χ1v) is 7.30. The summed E-state index contributed by atoms with van der Waals surface area (Å²) in [6, 6.07) is 7.42. The number of methoxy groups -OCH3 is 1. The van der Waals surface area contributed by atoms with E-state index >= 15 is 0 Å². The minimum absolute atomic E-state index is 0.218. The fourth-order valence-corrected chi connectivity index (χ4v) is 2.66. The number of thiazole rings is 1. The third-order valence-corrected chi connectivity index (χ3v) is 3.63. The van der Waals surface area contributed by atoms with Gasteiger partial charge in [0.2, 0.25) is 0 Å². The monoisotopic (exact) mass is 306 g/mol. The van der Waals surface area contributed by atoms with E-state index in [1.807, 2.05) is 26.0 Å². The molecule has 0 fully saturated rings. The van der Waals surface area contributed by atoms with E-state index in [1.165, 1.54) is 11.3 Å². The maximum Gasteiger partial charge on any atom is 0.269 e. The van der Waals surface area contributed by atoms with Gasteiger partial charge in [-0.05, 0) is 26.0 Å². The molecule has 0 unspecified atom stereocenters. The number of aromatic nitrogens is 1. The number of ether oxygens (including phenoxy) is 1. The molecule has 1 amide bonds. The first-order chi connectivity index (χ1) is 10.0. The van der Waals surface area contributed by atoms with Crippen molar-refractivity contribution in [3.63, 3.8) is 0 Å². The van der Waals surface area contributed by atoms with Crippen LogP contribution in [0, 0.1) is 0 Å². The van der Waals surface area contributed by atoms with E-state index in [9.17, 15) is 4.79 Å². The number of anilines is 3. The number of benzene rings is 1. The average Bonchev–Trinajstić information content (AvgIpc) is 2.79. The van der Waals surface area contributed by atoms with Crippen LogP contribution in [0.3, 0.4) is 0 Å². The molecule has 0 bridgehead atoms. The second-order valence-corrected chi connectivity index (χ2v) is 5.69. The van der Waals surface area contributed by atoms with Crippen LogP contribution in [0.25, 0.3) is 0 Å². The highest BCUT2D eigenvalue weighted by Gasteiger charge is 2.17. The number of hydrogen-bond acceptors (Lipinski definition) is 6. The third-order valence-electron chi connectivity index (χ3n) is 2.63. The van der Waals surface area contributed by atoms with E-state index < -0.39 is 0 Å². The Balaban J connectivity index is 2.18. The Morgan fingerprint density at radius 1 is 1.38 bits per heavy atom. The fraction of sp³-hybridized carbons (Fsp3) is 0.286. The molecule has 2 rings (SSSR count). The summed E-state index contributed by atoms with van der Waals surface area (Å²) in [5.74, 6) is 0.510. The zero-order valence-electron chi connectivity index (χ0n) is 12.1. The molecule has 1 heterocycles. The summed E-state index contributed by atoms with van der Waals surface area (Å²) in [7, 11) is 1.55. The predicted octanol–water partition coefficient (Wildman–Crippen LogP) is 2.81. The highest BCUT2D eigenvalue weighted by atomic mass is 32.1. The van der Waals surface area contributed by atoms with Gasteiger partial charge in [0, 0.05) is 6.04 Å². The van der Waals surface area contributed by atoms with E-state index in [1.54, 1.807) is 19.2 Å². The van der Waals surface area contributed by atoms with Gasteiger partial charge in [-0.1, -0.05) is 23.5 Å². The molecule has 0 radical (unpaired) electrons. The first-order valence-electron chi connectivity index (χ1n) is 6.48. The van der Waals surface area contributed by atoms with Gasteiger partial charge in [0.1, 0.15) is 16.4 Å². The van der Waals surface area contributed by atoms with Crippen molar-refractivity contribution in [2.24, 2.45) is 0 Å². The molecule has 4 N–H and O–H groups in total. The van der Waals surface area contributed by atoms with E-state index in [-0.39, 0.29) is 17.8 Å². The lowest BCUT2D eigenvalue weighted by molar-refractivity contribution is 0.103. The van der Waals surface area contributed by atoms with Gasteiger partial charge in [0.05, 0.1) is 12.8 Å². The molecule has 0 saturated heterocycles. The molecular weight excluding hydrogens is 288 g/mol. The Morgan fingerprint density at radius 3 is 2.76 bits per heavy atom. The highest BCUT2D eigenvalue weighted by molar-refractivity contribution is 7.18. The molecular formula is C14H18N4O2S. The maximum atomic E-state index is 12.3. The SMILES string of the molecule is COc1ccccc1NC(=O)c1sc(NC(C)C)nc1N. The molecule has 0 aliphatic heterocycles. The zero-order chi connectivity index (χ0) is 15.4. The summed E-state index contributed by atoms with van der Waals surface area (Å²) in [6.45, 7) is 3.98. The van der Waals surface area contributed by atoms with Gasteiger partial charge in [0.15, 0.2) is 5.13 Å². The minimum atomic E-state index is -0.300. The van der Waals surface area contributed by atoms with E-state index in [0.29, 0.717) is 21.4 Å². The average molecular weight is 306 g/mol. The summed E-state index contributed by atoms with van der Waals surface area (Å²) in [4.78, 5) is 16.8. The molecule has 0 spiro atoms. The van der Waals surface area contributed by atoms with Gasteiger partial charge in [-0.25, -0.2) is 4.98 Å². The van der Waals surface area contributed by atoms with Crippen molar-refractivity contribution in [3.05, 3.63) is 29.1 Å². The van der Waals surface area contributed by atoms with Crippen LogP contribution >= 0.6 is 11.3 Å². The number of carbonyl (C=O) groups is 1. The van der Waals surface area contributed by atoms with Gasteiger partial charge in [-0.3, -0.25) is 4.79 Å². The zero-order valence-corrected chi connectivity index (χ0v) is 13.0. The summed E-state index contributed by atoms with van der Waals surface area (Å²) in [5, 5.41) is 6.55. The molecule has 7 heteroatoms. The number of nitrogens with one attached hydrogen (secondary N) is 2. The Hall–Kier alpha value is -2.28. The second kappa shape index (κ2) is 6.45. The van der Waals surface area contributed by atoms with E-state index in [4.69, 9.17) is 10.5 Å². The molecule has 21 heavy (non-hydrogen) atoms. The third kappa shape index (κ3) is 3.63. The van der Waals surface area contributed by atoms with Crippen LogP contribution in [0.4, 0.5) is 16.6 Å². The lowest BCUT2D eigenvalue weighted by Gasteiger charge is -2.08. The van der Waals surface area contributed by atoms with Gasteiger partial charge < -0.3 is 21.1 Å². The summed E-state index contributed by atoms with van der Waals surface area (Å²) < 4.78 is 5.20. The minimum Gasteiger partial charge on any atom is -0.495 e. The molecule has 0 atom stereocenters.